The first kappa shape index (κ1) is 14.3. The van der Waals surface area contributed by atoms with Gasteiger partial charge in [0, 0.05) is 19.1 Å². The Morgan fingerprint density at radius 3 is 2.33 bits per heavy atom. The molecule has 0 radical (unpaired) electrons. The third-order valence-electron chi connectivity index (χ3n) is 4.74. The second kappa shape index (κ2) is 5.92. The highest BCUT2D eigenvalue weighted by Crippen LogP contribution is 2.33. The van der Waals surface area contributed by atoms with Gasteiger partial charge in [-0.15, -0.1) is 0 Å². The summed E-state index contributed by atoms with van der Waals surface area (Å²) in [6, 6.07) is 0.733. The third kappa shape index (κ3) is 3.96. The minimum Gasteiger partial charge on any atom is -0.303 e. The van der Waals surface area contributed by atoms with Gasteiger partial charge in [-0.2, -0.15) is 0 Å². The van der Waals surface area contributed by atoms with Crippen LogP contribution in [0.25, 0.3) is 0 Å². The van der Waals surface area contributed by atoms with Crippen molar-refractivity contribution in [3.05, 3.63) is 0 Å². The van der Waals surface area contributed by atoms with E-state index in [1.165, 1.54) is 58.4 Å². The van der Waals surface area contributed by atoms with Gasteiger partial charge in [-0.1, -0.05) is 13.8 Å². The van der Waals surface area contributed by atoms with Crippen LogP contribution in [-0.4, -0.2) is 48.6 Å². The van der Waals surface area contributed by atoms with E-state index in [-0.39, 0.29) is 0 Å². The van der Waals surface area contributed by atoms with E-state index in [1.54, 1.807) is 0 Å². The Morgan fingerprint density at radius 2 is 1.78 bits per heavy atom. The zero-order chi connectivity index (χ0) is 13.2. The molecule has 18 heavy (non-hydrogen) atoms. The number of likely N-dealkylation sites (tertiary alicyclic amines) is 2. The average Bonchev–Trinajstić information content (AvgIpc) is 2.87. The van der Waals surface area contributed by atoms with Crippen LogP contribution < -0.4 is 0 Å². The normalized spacial score (nSPS) is 27.5. The summed E-state index contributed by atoms with van der Waals surface area (Å²) in [5.41, 5.74) is 0.502. The quantitative estimate of drug-likeness (QED) is 0.741. The topological polar surface area (TPSA) is 6.48 Å². The van der Waals surface area contributed by atoms with Crippen LogP contribution in [0.3, 0.4) is 0 Å². The van der Waals surface area contributed by atoms with Gasteiger partial charge in [0.05, 0.1) is 0 Å². The zero-order valence-electron chi connectivity index (χ0n) is 12.9. The third-order valence-corrected chi connectivity index (χ3v) is 4.74. The monoisotopic (exact) mass is 252 g/mol. The van der Waals surface area contributed by atoms with Crippen molar-refractivity contribution in [2.24, 2.45) is 11.3 Å². The molecule has 2 aliphatic rings. The van der Waals surface area contributed by atoms with Gasteiger partial charge in [0.25, 0.3) is 0 Å². The Morgan fingerprint density at radius 1 is 1.11 bits per heavy atom. The Kier molecular flexibility index (Phi) is 4.71. The van der Waals surface area contributed by atoms with E-state index >= 15 is 0 Å². The second-order valence-corrected chi connectivity index (χ2v) is 7.59. The van der Waals surface area contributed by atoms with Gasteiger partial charge < -0.3 is 9.80 Å². The second-order valence-electron chi connectivity index (χ2n) is 7.59. The van der Waals surface area contributed by atoms with Crippen LogP contribution in [0.2, 0.25) is 0 Å². The molecule has 0 aromatic carbocycles. The first-order valence-electron chi connectivity index (χ1n) is 7.93. The zero-order valence-corrected chi connectivity index (χ0v) is 12.9. The molecule has 0 amide bonds. The molecule has 0 bridgehead atoms. The summed E-state index contributed by atoms with van der Waals surface area (Å²) in [5, 5.41) is 0. The lowest BCUT2D eigenvalue weighted by Gasteiger charge is -2.32. The van der Waals surface area contributed by atoms with Crippen molar-refractivity contribution in [3.8, 4) is 0 Å². The molecule has 0 spiro atoms. The molecule has 2 fully saturated rings. The van der Waals surface area contributed by atoms with E-state index in [0.717, 1.165) is 12.0 Å². The first-order valence-corrected chi connectivity index (χ1v) is 7.93. The van der Waals surface area contributed by atoms with Crippen LogP contribution in [-0.2, 0) is 0 Å². The molecule has 2 heteroatoms. The van der Waals surface area contributed by atoms with Crippen molar-refractivity contribution < 1.29 is 0 Å². The van der Waals surface area contributed by atoms with Crippen LogP contribution in [0.4, 0.5) is 0 Å². The first-order chi connectivity index (χ1) is 8.46. The highest BCUT2D eigenvalue weighted by atomic mass is 15.2. The van der Waals surface area contributed by atoms with Crippen molar-refractivity contribution >= 4 is 0 Å². The van der Waals surface area contributed by atoms with Crippen LogP contribution in [0.15, 0.2) is 0 Å². The standard InChI is InChI=1S/C16H32N2/c1-14(2)18-10-7-15(12-18)11-16(3,4)13-17-8-5-6-9-17/h14-15H,5-13H2,1-4H3. The van der Waals surface area contributed by atoms with E-state index in [4.69, 9.17) is 0 Å². The summed E-state index contributed by atoms with van der Waals surface area (Å²) in [7, 11) is 0. The maximum Gasteiger partial charge on any atom is 0.00387 e. The maximum atomic E-state index is 2.68. The predicted octanol–water partition coefficient (Wildman–Crippen LogP) is 3.23. The minimum atomic E-state index is 0.502. The van der Waals surface area contributed by atoms with Gasteiger partial charge in [-0.3, -0.25) is 0 Å². The largest absolute Gasteiger partial charge is 0.303 e. The highest BCUT2D eigenvalue weighted by Gasteiger charge is 2.31. The fourth-order valence-electron chi connectivity index (χ4n) is 3.89. The average molecular weight is 252 g/mol. The van der Waals surface area contributed by atoms with E-state index in [1.807, 2.05) is 0 Å². The van der Waals surface area contributed by atoms with Crippen molar-refractivity contribution in [1.82, 2.24) is 9.80 Å². The van der Waals surface area contributed by atoms with E-state index in [9.17, 15) is 0 Å². The molecule has 2 aliphatic heterocycles. The summed E-state index contributed by atoms with van der Waals surface area (Å²) in [6.07, 6.45) is 5.66. The highest BCUT2D eigenvalue weighted by molar-refractivity contribution is 4.85. The fraction of sp³-hybridized carbons (Fsp3) is 1.00. The van der Waals surface area contributed by atoms with Gasteiger partial charge in [0.15, 0.2) is 0 Å². The molecule has 2 nitrogen and oxygen atoms in total. The summed E-state index contributed by atoms with van der Waals surface area (Å²) >= 11 is 0. The van der Waals surface area contributed by atoms with Gasteiger partial charge in [-0.05, 0) is 70.5 Å². The summed E-state index contributed by atoms with van der Waals surface area (Å²) < 4.78 is 0. The van der Waals surface area contributed by atoms with Crippen molar-refractivity contribution in [1.29, 1.82) is 0 Å². The van der Waals surface area contributed by atoms with Gasteiger partial charge in [0.1, 0.15) is 0 Å². The lowest BCUT2D eigenvalue weighted by atomic mass is 9.82. The molecule has 0 saturated carbocycles. The lowest BCUT2D eigenvalue weighted by Crippen LogP contribution is -2.34. The number of nitrogens with zero attached hydrogens (tertiary/aromatic N) is 2. The van der Waals surface area contributed by atoms with E-state index < -0.39 is 0 Å². The van der Waals surface area contributed by atoms with Crippen LogP contribution in [0.1, 0.15) is 53.4 Å². The molecule has 1 unspecified atom stereocenters. The van der Waals surface area contributed by atoms with E-state index in [2.05, 4.69) is 37.5 Å². The lowest BCUT2D eigenvalue weighted by molar-refractivity contribution is 0.168. The van der Waals surface area contributed by atoms with Crippen molar-refractivity contribution in [3.63, 3.8) is 0 Å². The fourth-order valence-corrected chi connectivity index (χ4v) is 3.89. The molecule has 0 aliphatic carbocycles. The number of rotatable bonds is 5. The van der Waals surface area contributed by atoms with Gasteiger partial charge in [0.2, 0.25) is 0 Å². The molecule has 106 valence electrons. The maximum absolute atomic E-state index is 2.68. The van der Waals surface area contributed by atoms with Crippen molar-refractivity contribution in [2.75, 3.05) is 32.7 Å². The SMILES string of the molecule is CC(C)N1CCC(CC(C)(C)CN2CCCC2)C1. The Bertz CT molecular complexity index is 254. The molecular formula is C16H32N2. The predicted molar refractivity (Wildman–Crippen MR) is 78.9 cm³/mol. The number of hydrogen-bond donors (Lipinski definition) is 0. The van der Waals surface area contributed by atoms with Gasteiger partial charge >= 0.3 is 0 Å². The van der Waals surface area contributed by atoms with Crippen LogP contribution in [0.5, 0.6) is 0 Å². The Labute approximate surface area is 114 Å². The smallest absolute Gasteiger partial charge is 0.00387 e. The molecule has 0 aromatic heterocycles. The van der Waals surface area contributed by atoms with E-state index in [0.29, 0.717) is 5.41 Å². The summed E-state index contributed by atoms with van der Waals surface area (Å²) in [6.45, 7) is 16.3. The van der Waals surface area contributed by atoms with Crippen LogP contribution in [0, 0.1) is 11.3 Å². The molecule has 0 N–H and O–H groups in total. The summed E-state index contributed by atoms with van der Waals surface area (Å²) in [4.78, 5) is 5.33. The molecule has 2 saturated heterocycles. The van der Waals surface area contributed by atoms with Gasteiger partial charge in [-0.25, -0.2) is 0 Å². The molecule has 2 heterocycles. The summed E-state index contributed by atoms with van der Waals surface area (Å²) in [5.74, 6) is 0.935. The molecule has 0 aromatic rings. The molecular weight excluding hydrogens is 220 g/mol. The number of hydrogen-bond acceptors (Lipinski definition) is 2. The van der Waals surface area contributed by atoms with Crippen molar-refractivity contribution in [2.45, 2.75) is 59.4 Å². The Balaban J connectivity index is 1.77. The Hall–Kier alpha value is -0.0800. The minimum absolute atomic E-state index is 0.502. The molecule has 2 rings (SSSR count). The molecule has 1 atom stereocenters. The van der Waals surface area contributed by atoms with Crippen LogP contribution >= 0.6 is 0 Å².